The molecule has 0 saturated carbocycles. The molecule has 1 aromatic carbocycles. The lowest BCUT2D eigenvalue weighted by molar-refractivity contribution is -0.137. The van der Waals surface area contributed by atoms with E-state index in [-0.39, 0.29) is 30.3 Å². The summed E-state index contributed by atoms with van der Waals surface area (Å²) >= 11 is 0. The van der Waals surface area contributed by atoms with Crippen LogP contribution in [0.1, 0.15) is 34.8 Å². The molecule has 0 aliphatic carbocycles. The Balaban J connectivity index is 1.79. The van der Waals surface area contributed by atoms with Gasteiger partial charge in [0.1, 0.15) is 12.2 Å². The van der Waals surface area contributed by atoms with Crippen LogP contribution in [-0.2, 0) is 16.1 Å². The molecule has 3 heterocycles. The summed E-state index contributed by atoms with van der Waals surface area (Å²) in [6.07, 6.45) is 3.34. The number of carboxylic acid groups (broad SMARTS) is 1. The molecular weight excluding hydrogens is 390 g/mol. The monoisotopic (exact) mass is 407 g/mol. The van der Waals surface area contributed by atoms with Gasteiger partial charge in [-0.1, -0.05) is 6.07 Å². The van der Waals surface area contributed by atoms with Crippen molar-refractivity contribution < 1.29 is 24.2 Å². The second kappa shape index (κ2) is 7.39. The molecule has 10 nitrogen and oxygen atoms in total. The highest BCUT2D eigenvalue weighted by molar-refractivity contribution is 6.06. The van der Waals surface area contributed by atoms with Crippen LogP contribution in [-0.4, -0.2) is 53.8 Å². The van der Waals surface area contributed by atoms with E-state index in [0.717, 1.165) is 5.56 Å². The number of fused-ring (bicyclic) bond motifs is 2. The summed E-state index contributed by atoms with van der Waals surface area (Å²) in [7, 11) is 0. The standard InChI is InChI=1S/C20H17N5O5/c1-3-30-20(29)15-7-17-21-8-13(9-25(17)22-15)12-4-5-16-14(6-12)19(11(2)26)23-24(16)10-18(27)28/h4-9H,3,10H2,1-2H3,(H,27,28). The van der Waals surface area contributed by atoms with E-state index in [1.54, 1.807) is 37.5 Å². The van der Waals surface area contributed by atoms with E-state index < -0.39 is 11.9 Å². The molecule has 3 aromatic heterocycles. The van der Waals surface area contributed by atoms with Crippen LogP contribution in [0.3, 0.4) is 0 Å². The van der Waals surface area contributed by atoms with Crippen molar-refractivity contribution in [2.75, 3.05) is 6.61 Å². The maximum atomic E-state index is 12.0. The number of esters is 1. The number of carbonyl (C=O) groups excluding carboxylic acids is 2. The van der Waals surface area contributed by atoms with Crippen molar-refractivity contribution in [3.05, 3.63) is 48.0 Å². The van der Waals surface area contributed by atoms with Crippen LogP contribution < -0.4 is 0 Å². The van der Waals surface area contributed by atoms with Crippen molar-refractivity contribution >= 4 is 34.3 Å². The van der Waals surface area contributed by atoms with Gasteiger partial charge in [-0.15, -0.1) is 0 Å². The maximum Gasteiger partial charge on any atom is 0.358 e. The summed E-state index contributed by atoms with van der Waals surface area (Å²) in [5.41, 5.74) is 2.83. The fourth-order valence-electron chi connectivity index (χ4n) is 3.20. The largest absolute Gasteiger partial charge is 0.480 e. The lowest BCUT2D eigenvalue weighted by atomic mass is 10.0. The molecule has 0 bridgehead atoms. The number of aromatic nitrogens is 5. The van der Waals surface area contributed by atoms with Crippen LogP contribution >= 0.6 is 0 Å². The van der Waals surface area contributed by atoms with Crippen LogP contribution in [0.2, 0.25) is 0 Å². The number of hydrogen-bond donors (Lipinski definition) is 1. The maximum absolute atomic E-state index is 12.0. The summed E-state index contributed by atoms with van der Waals surface area (Å²) in [6, 6.07) is 6.79. The third-order valence-electron chi connectivity index (χ3n) is 4.50. The molecule has 4 aromatic rings. The average Bonchev–Trinajstić information content (AvgIpc) is 3.28. The molecule has 152 valence electrons. The smallest absolute Gasteiger partial charge is 0.358 e. The third kappa shape index (κ3) is 3.39. The molecule has 1 N–H and O–H groups in total. The normalized spacial score (nSPS) is 11.1. The molecule has 0 unspecified atom stereocenters. The van der Waals surface area contributed by atoms with Gasteiger partial charge in [0, 0.05) is 36.3 Å². The van der Waals surface area contributed by atoms with Gasteiger partial charge in [0.2, 0.25) is 0 Å². The Morgan fingerprint density at radius 3 is 2.63 bits per heavy atom. The Hall–Kier alpha value is -4.08. The van der Waals surface area contributed by atoms with E-state index in [4.69, 9.17) is 9.84 Å². The number of carboxylic acids is 1. The first-order chi connectivity index (χ1) is 14.4. The third-order valence-corrected chi connectivity index (χ3v) is 4.50. The molecule has 0 spiro atoms. The SMILES string of the molecule is CCOC(=O)c1cc2ncc(-c3ccc4c(c3)c(C(C)=O)nn4CC(=O)O)cn2n1. The minimum Gasteiger partial charge on any atom is -0.480 e. The van der Waals surface area contributed by atoms with E-state index >= 15 is 0 Å². The Bertz CT molecular complexity index is 1320. The van der Waals surface area contributed by atoms with Gasteiger partial charge in [-0.2, -0.15) is 10.2 Å². The van der Waals surface area contributed by atoms with Gasteiger partial charge < -0.3 is 9.84 Å². The number of hydrogen-bond acceptors (Lipinski definition) is 7. The Morgan fingerprint density at radius 1 is 1.13 bits per heavy atom. The van der Waals surface area contributed by atoms with Crippen LogP contribution in [0.25, 0.3) is 27.7 Å². The number of aliphatic carboxylic acids is 1. The molecule has 0 radical (unpaired) electrons. The number of benzene rings is 1. The van der Waals surface area contributed by atoms with Crippen molar-refractivity contribution in [1.29, 1.82) is 0 Å². The Labute approximate surface area is 169 Å². The molecule has 0 atom stereocenters. The number of carbonyl (C=O) groups is 3. The van der Waals surface area contributed by atoms with Gasteiger partial charge in [-0.05, 0) is 24.6 Å². The lowest BCUT2D eigenvalue weighted by Gasteiger charge is -2.04. The minimum atomic E-state index is -1.05. The minimum absolute atomic E-state index is 0.158. The zero-order chi connectivity index (χ0) is 21.4. The van der Waals surface area contributed by atoms with E-state index in [0.29, 0.717) is 22.1 Å². The zero-order valence-corrected chi connectivity index (χ0v) is 16.2. The number of ketones is 1. The summed E-state index contributed by atoms with van der Waals surface area (Å²) in [4.78, 5) is 39.3. The van der Waals surface area contributed by atoms with Crippen LogP contribution in [0, 0.1) is 0 Å². The predicted molar refractivity (Wildman–Crippen MR) is 105 cm³/mol. The number of ether oxygens (including phenoxy) is 1. The highest BCUT2D eigenvalue weighted by Crippen LogP contribution is 2.27. The molecule has 0 aliphatic heterocycles. The van der Waals surface area contributed by atoms with Crippen molar-refractivity contribution in [1.82, 2.24) is 24.4 Å². The first kappa shape index (κ1) is 19.2. The Kier molecular flexibility index (Phi) is 4.74. The van der Waals surface area contributed by atoms with Crippen LogP contribution in [0.4, 0.5) is 0 Å². The lowest BCUT2D eigenvalue weighted by Crippen LogP contribution is -2.10. The van der Waals surface area contributed by atoms with Gasteiger partial charge in [0.05, 0.1) is 12.1 Å². The van der Waals surface area contributed by atoms with E-state index in [1.807, 2.05) is 0 Å². The summed E-state index contributed by atoms with van der Waals surface area (Å²) in [5.74, 6) is -1.84. The van der Waals surface area contributed by atoms with Gasteiger partial charge in [0.15, 0.2) is 17.1 Å². The molecule has 0 fully saturated rings. The average molecular weight is 407 g/mol. The van der Waals surface area contributed by atoms with Crippen LogP contribution in [0.15, 0.2) is 36.7 Å². The highest BCUT2D eigenvalue weighted by Gasteiger charge is 2.17. The molecule has 30 heavy (non-hydrogen) atoms. The van der Waals surface area contributed by atoms with E-state index in [2.05, 4.69) is 15.2 Å². The fourth-order valence-corrected chi connectivity index (χ4v) is 3.20. The first-order valence-electron chi connectivity index (χ1n) is 9.13. The van der Waals surface area contributed by atoms with Crippen molar-refractivity contribution in [2.45, 2.75) is 20.4 Å². The molecule has 0 amide bonds. The predicted octanol–water partition coefficient (Wildman–Crippen LogP) is 2.21. The molecule has 10 heteroatoms. The molecule has 0 aliphatic rings. The van der Waals surface area contributed by atoms with Gasteiger partial charge in [-0.3, -0.25) is 14.3 Å². The Morgan fingerprint density at radius 2 is 1.93 bits per heavy atom. The van der Waals surface area contributed by atoms with E-state index in [9.17, 15) is 14.4 Å². The van der Waals surface area contributed by atoms with Gasteiger partial charge >= 0.3 is 11.9 Å². The summed E-state index contributed by atoms with van der Waals surface area (Å²) in [6.45, 7) is 3.00. The summed E-state index contributed by atoms with van der Waals surface area (Å²) in [5, 5.41) is 18.0. The van der Waals surface area contributed by atoms with E-state index in [1.165, 1.54) is 22.2 Å². The second-order valence-electron chi connectivity index (χ2n) is 6.58. The van der Waals surface area contributed by atoms with Crippen LogP contribution in [0.5, 0.6) is 0 Å². The van der Waals surface area contributed by atoms with Crippen molar-refractivity contribution in [2.24, 2.45) is 0 Å². The zero-order valence-electron chi connectivity index (χ0n) is 16.2. The number of nitrogens with zero attached hydrogens (tertiary/aromatic N) is 5. The van der Waals surface area contributed by atoms with Gasteiger partial charge in [0.25, 0.3) is 0 Å². The topological polar surface area (TPSA) is 129 Å². The first-order valence-corrected chi connectivity index (χ1v) is 9.13. The highest BCUT2D eigenvalue weighted by atomic mass is 16.5. The van der Waals surface area contributed by atoms with Crippen molar-refractivity contribution in [3.8, 4) is 11.1 Å². The number of Topliss-reactive ketones (excluding diaryl/α,β-unsaturated/α-hetero) is 1. The number of rotatable bonds is 6. The second-order valence-corrected chi connectivity index (χ2v) is 6.58. The van der Waals surface area contributed by atoms with Gasteiger partial charge in [-0.25, -0.2) is 14.3 Å². The summed E-state index contributed by atoms with van der Waals surface area (Å²) < 4.78 is 7.73. The molecule has 4 rings (SSSR count). The van der Waals surface area contributed by atoms with Crippen molar-refractivity contribution in [3.63, 3.8) is 0 Å². The molecular formula is C20H17N5O5. The quantitative estimate of drug-likeness (QED) is 0.380. The molecule has 0 saturated heterocycles. The fraction of sp³-hybridized carbons (Fsp3) is 0.200.